The van der Waals surface area contributed by atoms with E-state index in [9.17, 15) is 17.6 Å². The first-order valence-electron chi connectivity index (χ1n) is 5.71. The van der Waals surface area contributed by atoms with Gasteiger partial charge in [-0.2, -0.15) is 23.5 Å². The van der Waals surface area contributed by atoms with Gasteiger partial charge in [-0.3, -0.25) is 0 Å². The lowest BCUT2D eigenvalue weighted by Gasteiger charge is -2.13. The highest BCUT2D eigenvalue weighted by Gasteiger charge is 2.33. The first-order valence-corrected chi connectivity index (χ1v) is 6.90. The Morgan fingerprint density at radius 2 is 1.78 bits per heavy atom. The van der Waals surface area contributed by atoms with Gasteiger partial charge in [-0.1, -0.05) is 34.8 Å². The van der Waals surface area contributed by atoms with Crippen molar-refractivity contribution in [1.82, 2.24) is 9.78 Å². The van der Waals surface area contributed by atoms with Crippen molar-refractivity contribution in [2.24, 2.45) is 0 Å². The van der Waals surface area contributed by atoms with Crippen molar-refractivity contribution in [3.8, 4) is 11.8 Å². The number of nitrogens with two attached hydrogens (primary N) is 1. The molecule has 0 amide bonds. The average Bonchev–Trinajstić information content (AvgIpc) is 2.74. The Hall–Kier alpha value is -1.69. The van der Waals surface area contributed by atoms with Gasteiger partial charge >= 0.3 is 6.18 Å². The smallest absolute Gasteiger partial charge is 0.382 e. The minimum Gasteiger partial charge on any atom is -0.382 e. The van der Waals surface area contributed by atoms with Gasteiger partial charge in [0.25, 0.3) is 0 Å². The van der Waals surface area contributed by atoms with Crippen LogP contribution in [0.25, 0.3) is 5.69 Å². The van der Waals surface area contributed by atoms with E-state index in [4.69, 9.17) is 45.8 Å². The van der Waals surface area contributed by atoms with Crippen molar-refractivity contribution < 1.29 is 17.6 Å². The summed E-state index contributed by atoms with van der Waals surface area (Å²) in [5, 5.41) is 11.8. The summed E-state index contributed by atoms with van der Waals surface area (Å²) in [6.07, 6.45) is -4.66. The van der Waals surface area contributed by atoms with Crippen LogP contribution in [-0.2, 0) is 6.18 Å². The molecule has 1 aromatic heterocycles. The lowest BCUT2D eigenvalue weighted by Crippen LogP contribution is -2.08. The zero-order valence-corrected chi connectivity index (χ0v) is 13.1. The maximum absolute atomic E-state index is 13.3. The summed E-state index contributed by atoms with van der Waals surface area (Å²) in [6.45, 7) is 0. The molecule has 0 aliphatic carbocycles. The number of hydrogen-bond acceptors (Lipinski definition) is 3. The number of nitrogens with zero attached hydrogens (tertiary/aromatic N) is 3. The number of halogens is 7. The van der Waals surface area contributed by atoms with Crippen molar-refractivity contribution in [1.29, 1.82) is 5.26 Å². The average molecular weight is 388 g/mol. The summed E-state index contributed by atoms with van der Waals surface area (Å²) in [5.74, 6) is -0.352. The molecule has 0 radical (unpaired) electrons. The number of aromatic nitrogens is 2. The van der Waals surface area contributed by atoms with Gasteiger partial charge in [-0.15, -0.1) is 0 Å². The highest BCUT2D eigenvalue weighted by Crippen LogP contribution is 2.39. The van der Waals surface area contributed by atoms with E-state index in [0.717, 1.165) is 4.68 Å². The second-order valence-corrected chi connectivity index (χ2v) is 5.45. The molecule has 0 spiro atoms. The first kappa shape index (κ1) is 17.7. The van der Waals surface area contributed by atoms with E-state index < -0.39 is 33.1 Å². The maximum Gasteiger partial charge on any atom is 0.416 e. The topological polar surface area (TPSA) is 67.6 Å². The van der Waals surface area contributed by atoms with Gasteiger partial charge in [-0.05, 0) is 12.1 Å². The number of alkyl halides is 5. The first-order chi connectivity index (χ1) is 10.6. The van der Waals surface area contributed by atoms with Crippen molar-refractivity contribution in [3.63, 3.8) is 0 Å². The maximum atomic E-state index is 13.3. The Morgan fingerprint density at radius 3 is 2.13 bits per heavy atom. The zero-order chi connectivity index (χ0) is 17.5. The van der Waals surface area contributed by atoms with E-state index in [-0.39, 0.29) is 17.1 Å². The number of hydrogen-bond donors (Lipinski definition) is 1. The molecule has 0 bridgehead atoms. The van der Waals surface area contributed by atoms with Gasteiger partial charge in [0.2, 0.25) is 5.63 Å². The standard InChI is InChI=1S/C12H5Cl3F4N4/c13-6-1-4(12(17,18)19)2-7(14)9(6)23-11(21)5(3-20)8(22-23)10(15)16/h1-2,10H,21H2. The predicted molar refractivity (Wildman–Crippen MR) is 77.4 cm³/mol. The van der Waals surface area contributed by atoms with Crippen LogP contribution in [0.2, 0.25) is 10.0 Å². The van der Waals surface area contributed by atoms with Gasteiger partial charge in [0.1, 0.15) is 28.8 Å². The van der Waals surface area contributed by atoms with Crippen molar-refractivity contribution in [3.05, 3.63) is 39.0 Å². The quantitative estimate of drug-likeness (QED) is 0.591. The SMILES string of the molecule is N#Cc1c(C(F)Cl)nn(-c2c(Cl)cc(C(F)(F)F)cc2Cl)c1N. The Morgan fingerprint density at radius 1 is 1.26 bits per heavy atom. The van der Waals surface area contributed by atoms with Gasteiger partial charge in [0, 0.05) is 0 Å². The normalized spacial score (nSPS) is 13.0. The Balaban J connectivity index is 2.72. The van der Waals surface area contributed by atoms with Crippen molar-refractivity contribution in [2.45, 2.75) is 11.8 Å². The molecular formula is C12H5Cl3F4N4. The van der Waals surface area contributed by atoms with Gasteiger partial charge < -0.3 is 5.73 Å². The van der Waals surface area contributed by atoms with Crippen LogP contribution in [0, 0.1) is 11.3 Å². The Bertz CT molecular complexity index is 785. The third kappa shape index (κ3) is 3.17. The molecule has 0 saturated carbocycles. The lowest BCUT2D eigenvalue weighted by molar-refractivity contribution is -0.137. The number of benzene rings is 1. The van der Waals surface area contributed by atoms with Crippen LogP contribution in [-0.4, -0.2) is 9.78 Å². The van der Waals surface area contributed by atoms with Crippen LogP contribution < -0.4 is 5.73 Å². The molecule has 23 heavy (non-hydrogen) atoms. The number of rotatable bonds is 2. The van der Waals surface area contributed by atoms with Crippen LogP contribution in [0.15, 0.2) is 12.1 Å². The summed E-state index contributed by atoms with van der Waals surface area (Å²) in [5.41, 5.74) is 1.37. The molecule has 0 fully saturated rings. The van der Waals surface area contributed by atoms with Gasteiger partial charge in [-0.25, -0.2) is 9.07 Å². The molecule has 1 atom stereocenters. The summed E-state index contributed by atoms with van der Waals surface area (Å²) in [7, 11) is 0. The van der Waals surface area contributed by atoms with E-state index >= 15 is 0 Å². The predicted octanol–water partition coefficient (Wildman–Crippen LogP) is 4.86. The van der Waals surface area contributed by atoms with Crippen LogP contribution >= 0.6 is 34.8 Å². The number of anilines is 1. The van der Waals surface area contributed by atoms with E-state index in [1.165, 1.54) is 0 Å². The van der Waals surface area contributed by atoms with Crippen LogP contribution in [0.4, 0.5) is 23.4 Å². The number of nitriles is 1. The minimum absolute atomic E-state index is 0.223. The van der Waals surface area contributed by atoms with Crippen LogP contribution in [0.5, 0.6) is 0 Å². The summed E-state index contributed by atoms with van der Waals surface area (Å²) >= 11 is 16.9. The molecule has 2 N–H and O–H groups in total. The van der Waals surface area contributed by atoms with E-state index in [1.807, 2.05) is 0 Å². The molecular weight excluding hydrogens is 383 g/mol. The summed E-state index contributed by atoms with van der Waals surface area (Å²) in [6, 6.07) is 2.84. The molecule has 4 nitrogen and oxygen atoms in total. The van der Waals surface area contributed by atoms with Crippen molar-refractivity contribution >= 4 is 40.6 Å². The molecule has 0 aliphatic heterocycles. The van der Waals surface area contributed by atoms with Crippen LogP contribution in [0.1, 0.15) is 22.5 Å². The fraction of sp³-hybridized carbons (Fsp3) is 0.167. The molecule has 2 rings (SSSR count). The molecule has 2 aromatic rings. The fourth-order valence-electron chi connectivity index (χ4n) is 1.82. The molecule has 11 heteroatoms. The molecule has 0 aliphatic rings. The highest BCUT2D eigenvalue weighted by atomic mass is 35.5. The van der Waals surface area contributed by atoms with Crippen LogP contribution in [0.3, 0.4) is 0 Å². The third-order valence-electron chi connectivity index (χ3n) is 2.82. The van der Waals surface area contributed by atoms with Crippen molar-refractivity contribution in [2.75, 3.05) is 5.73 Å². The lowest BCUT2D eigenvalue weighted by atomic mass is 10.2. The van der Waals surface area contributed by atoms with E-state index in [2.05, 4.69) is 5.10 Å². The molecule has 122 valence electrons. The highest BCUT2D eigenvalue weighted by molar-refractivity contribution is 6.38. The van der Waals surface area contributed by atoms with Gasteiger partial charge in [0.15, 0.2) is 0 Å². The summed E-state index contributed by atoms with van der Waals surface area (Å²) in [4.78, 5) is 0. The molecule has 1 heterocycles. The fourth-order valence-corrected chi connectivity index (χ4v) is 2.62. The largest absolute Gasteiger partial charge is 0.416 e. The number of nitrogen functional groups attached to an aromatic ring is 1. The second-order valence-electron chi connectivity index (χ2n) is 4.26. The molecule has 0 saturated heterocycles. The zero-order valence-electron chi connectivity index (χ0n) is 10.8. The minimum atomic E-state index is -4.66. The third-order valence-corrected chi connectivity index (χ3v) is 3.61. The molecule has 1 aromatic carbocycles. The Labute approximate surface area is 141 Å². The van der Waals surface area contributed by atoms with E-state index in [1.54, 1.807) is 6.07 Å². The molecule has 1 unspecified atom stereocenters. The van der Waals surface area contributed by atoms with Gasteiger partial charge in [0.05, 0.1) is 15.6 Å². The Kier molecular flexibility index (Phi) is 4.66. The monoisotopic (exact) mass is 386 g/mol. The second kappa shape index (κ2) is 6.07. The van der Waals surface area contributed by atoms with E-state index in [0.29, 0.717) is 12.1 Å². The summed E-state index contributed by atoms with van der Waals surface area (Å²) < 4.78 is 52.2.